The lowest BCUT2D eigenvalue weighted by Gasteiger charge is -2.10. The first-order valence-electron chi connectivity index (χ1n) is 7.79. The fourth-order valence-corrected chi connectivity index (χ4v) is 2.41. The molecule has 0 radical (unpaired) electrons. The molecule has 1 amide bonds. The molecule has 122 valence electrons. The molecule has 2 aromatic heterocycles. The molecule has 0 aliphatic heterocycles. The predicted octanol–water partition coefficient (Wildman–Crippen LogP) is 1.70. The molecule has 3 aromatic rings. The summed E-state index contributed by atoms with van der Waals surface area (Å²) in [6.45, 7) is 0.940. The maximum Gasteiger partial charge on any atom is 0.253 e. The van der Waals surface area contributed by atoms with E-state index in [0.29, 0.717) is 25.1 Å². The van der Waals surface area contributed by atoms with E-state index in [1.807, 2.05) is 42.6 Å². The normalized spacial score (nSPS) is 10.5. The summed E-state index contributed by atoms with van der Waals surface area (Å²) < 4.78 is 1.68. The summed E-state index contributed by atoms with van der Waals surface area (Å²) in [5.74, 6) is -0.133. The second-order valence-electron chi connectivity index (χ2n) is 5.34. The minimum Gasteiger partial charge on any atom is -0.352 e. The average molecular weight is 321 g/mol. The Morgan fingerprint density at radius 1 is 1.17 bits per heavy atom. The van der Waals surface area contributed by atoms with Crippen LogP contribution in [0, 0.1) is 0 Å². The topological polar surface area (TPSA) is 85.8 Å². The molecule has 0 aliphatic rings. The molecule has 24 heavy (non-hydrogen) atoms. The van der Waals surface area contributed by atoms with Crippen molar-refractivity contribution in [1.82, 2.24) is 20.1 Å². The van der Waals surface area contributed by atoms with Crippen LogP contribution < -0.4 is 11.1 Å². The number of carbonyl (C=O) groups is 1. The van der Waals surface area contributed by atoms with Gasteiger partial charge in [-0.1, -0.05) is 18.2 Å². The van der Waals surface area contributed by atoms with Crippen LogP contribution in [0.5, 0.6) is 0 Å². The highest BCUT2D eigenvalue weighted by Crippen LogP contribution is 2.14. The largest absolute Gasteiger partial charge is 0.352 e. The number of carbonyl (C=O) groups excluding carboxylic acids is 1. The molecule has 0 bridgehead atoms. The lowest BCUT2D eigenvalue weighted by molar-refractivity contribution is 0.0954. The van der Waals surface area contributed by atoms with E-state index in [1.165, 1.54) is 0 Å². The first-order chi connectivity index (χ1) is 11.8. The summed E-state index contributed by atoms with van der Waals surface area (Å²) >= 11 is 0. The van der Waals surface area contributed by atoms with Gasteiger partial charge in [0.1, 0.15) is 0 Å². The van der Waals surface area contributed by atoms with Crippen LogP contribution in [-0.2, 0) is 13.0 Å². The molecule has 1 aromatic carbocycles. The van der Waals surface area contributed by atoms with Crippen LogP contribution in [0.1, 0.15) is 21.6 Å². The molecule has 3 N–H and O–H groups in total. The lowest BCUT2D eigenvalue weighted by Crippen LogP contribution is -2.27. The standard InChI is InChI=1S/C18H19N5O/c19-11-14-12-22-23(13-14)17-7-2-1-6-16(17)18(24)21-10-8-15-5-3-4-9-20-15/h1-7,9,12-13H,8,10-11,19H2,(H,21,24). The number of hydrogen-bond donors (Lipinski definition) is 2. The van der Waals surface area contributed by atoms with Gasteiger partial charge in [-0.2, -0.15) is 5.10 Å². The van der Waals surface area contributed by atoms with Crippen molar-refractivity contribution >= 4 is 5.91 Å². The second kappa shape index (κ2) is 7.52. The average Bonchev–Trinajstić information content (AvgIpc) is 3.11. The predicted molar refractivity (Wildman–Crippen MR) is 91.7 cm³/mol. The van der Waals surface area contributed by atoms with Crippen molar-refractivity contribution in [1.29, 1.82) is 0 Å². The number of nitrogens with one attached hydrogen (secondary N) is 1. The van der Waals surface area contributed by atoms with E-state index in [9.17, 15) is 4.79 Å². The van der Waals surface area contributed by atoms with Gasteiger partial charge in [0.15, 0.2) is 0 Å². The van der Waals surface area contributed by atoms with Crippen LogP contribution in [0.2, 0.25) is 0 Å². The van der Waals surface area contributed by atoms with Gasteiger partial charge in [0, 0.05) is 43.2 Å². The highest BCUT2D eigenvalue weighted by molar-refractivity contribution is 5.97. The van der Waals surface area contributed by atoms with Crippen molar-refractivity contribution in [2.24, 2.45) is 5.73 Å². The van der Waals surface area contributed by atoms with Gasteiger partial charge in [-0.25, -0.2) is 4.68 Å². The first kappa shape index (κ1) is 15.9. The number of para-hydroxylation sites is 1. The van der Waals surface area contributed by atoms with Gasteiger partial charge >= 0.3 is 0 Å². The number of aromatic nitrogens is 3. The van der Waals surface area contributed by atoms with Crippen molar-refractivity contribution < 1.29 is 4.79 Å². The van der Waals surface area contributed by atoms with Gasteiger partial charge in [-0.15, -0.1) is 0 Å². The van der Waals surface area contributed by atoms with Crippen molar-refractivity contribution in [3.63, 3.8) is 0 Å². The van der Waals surface area contributed by atoms with E-state index in [0.717, 1.165) is 16.9 Å². The third kappa shape index (κ3) is 3.67. The van der Waals surface area contributed by atoms with Crippen molar-refractivity contribution in [2.45, 2.75) is 13.0 Å². The molecule has 6 heteroatoms. The van der Waals surface area contributed by atoms with Crippen LogP contribution in [0.25, 0.3) is 5.69 Å². The van der Waals surface area contributed by atoms with Crippen LogP contribution >= 0.6 is 0 Å². The van der Waals surface area contributed by atoms with Gasteiger partial charge in [0.25, 0.3) is 5.91 Å². The van der Waals surface area contributed by atoms with E-state index in [4.69, 9.17) is 5.73 Å². The third-order valence-corrected chi connectivity index (χ3v) is 3.66. The lowest BCUT2D eigenvalue weighted by atomic mass is 10.1. The monoisotopic (exact) mass is 321 g/mol. The zero-order valence-electron chi connectivity index (χ0n) is 13.2. The van der Waals surface area contributed by atoms with E-state index < -0.39 is 0 Å². The van der Waals surface area contributed by atoms with Crippen LogP contribution in [0.3, 0.4) is 0 Å². The van der Waals surface area contributed by atoms with E-state index in [-0.39, 0.29) is 5.91 Å². The summed E-state index contributed by atoms with van der Waals surface area (Å²) in [6.07, 6.45) is 5.97. The number of benzene rings is 1. The minimum atomic E-state index is -0.133. The summed E-state index contributed by atoms with van der Waals surface area (Å²) in [5, 5.41) is 7.21. The van der Waals surface area contributed by atoms with Crippen LogP contribution in [0.15, 0.2) is 61.1 Å². The highest BCUT2D eigenvalue weighted by atomic mass is 16.1. The van der Waals surface area contributed by atoms with Crippen molar-refractivity contribution in [3.8, 4) is 5.69 Å². The fourth-order valence-electron chi connectivity index (χ4n) is 2.41. The molecule has 3 rings (SSSR count). The number of nitrogens with two attached hydrogens (primary N) is 1. The fraction of sp³-hybridized carbons (Fsp3) is 0.167. The molecule has 0 spiro atoms. The third-order valence-electron chi connectivity index (χ3n) is 3.66. The molecule has 2 heterocycles. The molecule has 0 unspecified atom stereocenters. The van der Waals surface area contributed by atoms with E-state index in [1.54, 1.807) is 23.1 Å². The molecule has 0 atom stereocenters. The SMILES string of the molecule is NCc1cnn(-c2ccccc2C(=O)NCCc2ccccn2)c1. The first-order valence-corrected chi connectivity index (χ1v) is 7.79. The Hall–Kier alpha value is -2.99. The Balaban J connectivity index is 1.71. The zero-order valence-corrected chi connectivity index (χ0v) is 13.2. The molecule has 6 nitrogen and oxygen atoms in total. The van der Waals surface area contributed by atoms with Gasteiger partial charge in [0.2, 0.25) is 0 Å². The van der Waals surface area contributed by atoms with Gasteiger partial charge in [0.05, 0.1) is 17.4 Å². The van der Waals surface area contributed by atoms with E-state index >= 15 is 0 Å². The van der Waals surface area contributed by atoms with Crippen molar-refractivity contribution in [3.05, 3.63) is 77.9 Å². The Morgan fingerprint density at radius 2 is 2.00 bits per heavy atom. The molecular formula is C18H19N5O. The molecule has 0 fully saturated rings. The Labute approximate surface area is 140 Å². The summed E-state index contributed by atoms with van der Waals surface area (Å²) in [5.41, 5.74) is 8.79. The molecule has 0 aliphatic carbocycles. The number of pyridine rings is 1. The highest BCUT2D eigenvalue weighted by Gasteiger charge is 2.12. The van der Waals surface area contributed by atoms with E-state index in [2.05, 4.69) is 15.4 Å². The number of amides is 1. The maximum atomic E-state index is 12.5. The van der Waals surface area contributed by atoms with Crippen LogP contribution in [0.4, 0.5) is 0 Å². The Bertz CT molecular complexity index is 813. The Kier molecular flexibility index (Phi) is 4.98. The minimum absolute atomic E-state index is 0.133. The maximum absolute atomic E-state index is 12.5. The summed E-state index contributed by atoms with van der Waals surface area (Å²) in [7, 11) is 0. The molecule has 0 saturated carbocycles. The van der Waals surface area contributed by atoms with Gasteiger partial charge in [-0.3, -0.25) is 9.78 Å². The number of hydrogen-bond acceptors (Lipinski definition) is 4. The van der Waals surface area contributed by atoms with Gasteiger partial charge < -0.3 is 11.1 Å². The van der Waals surface area contributed by atoms with Crippen LogP contribution in [-0.4, -0.2) is 27.2 Å². The smallest absolute Gasteiger partial charge is 0.253 e. The molecular weight excluding hydrogens is 302 g/mol. The second-order valence-corrected chi connectivity index (χ2v) is 5.34. The number of nitrogens with zero attached hydrogens (tertiary/aromatic N) is 3. The Morgan fingerprint density at radius 3 is 2.75 bits per heavy atom. The number of rotatable bonds is 6. The molecule has 0 saturated heterocycles. The zero-order chi connectivity index (χ0) is 16.8. The quantitative estimate of drug-likeness (QED) is 0.723. The summed E-state index contributed by atoms with van der Waals surface area (Å²) in [6, 6.07) is 13.1. The van der Waals surface area contributed by atoms with Gasteiger partial charge in [-0.05, 0) is 24.3 Å². The van der Waals surface area contributed by atoms with Crippen molar-refractivity contribution in [2.75, 3.05) is 6.54 Å². The summed E-state index contributed by atoms with van der Waals surface area (Å²) in [4.78, 5) is 16.8.